The highest BCUT2D eigenvalue weighted by atomic mass is 16.3. The van der Waals surface area contributed by atoms with Crippen molar-refractivity contribution in [3.63, 3.8) is 0 Å². The van der Waals surface area contributed by atoms with Crippen LogP contribution in [0.2, 0.25) is 0 Å². The molecule has 18 heavy (non-hydrogen) atoms. The zero-order valence-corrected chi connectivity index (χ0v) is 11.6. The molecule has 0 spiro atoms. The summed E-state index contributed by atoms with van der Waals surface area (Å²) in [6.45, 7) is 8.21. The van der Waals surface area contributed by atoms with Gasteiger partial charge in [0, 0.05) is 18.3 Å². The quantitative estimate of drug-likeness (QED) is 0.810. The van der Waals surface area contributed by atoms with Crippen LogP contribution in [0.1, 0.15) is 55.7 Å². The Hall–Kier alpha value is -1.36. The van der Waals surface area contributed by atoms with E-state index in [1.165, 1.54) is 0 Å². The van der Waals surface area contributed by atoms with Gasteiger partial charge in [-0.15, -0.1) is 0 Å². The van der Waals surface area contributed by atoms with E-state index in [-0.39, 0.29) is 11.9 Å². The second-order valence-electron chi connectivity index (χ2n) is 4.83. The van der Waals surface area contributed by atoms with Crippen molar-refractivity contribution in [1.82, 2.24) is 15.1 Å². The maximum absolute atomic E-state index is 11.9. The lowest BCUT2D eigenvalue weighted by Gasteiger charge is -2.11. The number of aromatic nitrogens is 2. The molecule has 1 aromatic heterocycles. The van der Waals surface area contributed by atoms with Crippen molar-refractivity contribution in [1.29, 1.82) is 0 Å². The molecule has 1 unspecified atom stereocenters. The summed E-state index contributed by atoms with van der Waals surface area (Å²) in [4.78, 5) is 11.9. The minimum atomic E-state index is -0.473. The van der Waals surface area contributed by atoms with Crippen LogP contribution in [0, 0.1) is 6.92 Å². The Morgan fingerprint density at radius 2 is 2.22 bits per heavy atom. The van der Waals surface area contributed by atoms with Crippen molar-refractivity contribution < 1.29 is 9.90 Å². The average Bonchev–Trinajstić information content (AvgIpc) is 2.68. The monoisotopic (exact) mass is 253 g/mol. The van der Waals surface area contributed by atoms with Gasteiger partial charge in [-0.05, 0) is 27.2 Å². The van der Waals surface area contributed by atoms with Gasteiger partial charge in [-0.3, -0.25) is 9.48 Å². The van der Waals surface area contributed by atoms with Gasteiger partial charge in [0.05, 0.1) is 17.9 Å². The zero-order valence-electron chi connectivity index (χ0n) is 11.6. The van der Waals surface area contributed by atoms with Gasteiger partial charge in [0.2, 0.25) is 0 Å². The number of rotatable bonds is 6. The van der Waals surface area contributed by atoms with Gasteiger partial charge < -0.3 is 10.4 Å². The maximum atomic E-state index is 11.9. The number of hydrogen-bond donors (Lipinski definition) is 2. The first kappa shape index (κ1) is 14.7. The molecule has 1 aromatic rings. The minimum Gasteiger partial charge on any atom is -0.391 e. The van der Waals surface area contributed by atoms with Gasteiger partial charge in [0.25, 0.3) is 5.91 Å². The normalized spacial score (nSPS) is 12.8. The Bertz CT molecular complexity index is 399. The lowest BCUT2D eigenvalue weighted by Crippen LogP contribution is -2.32. The van der Waals surface area contributed by atoms with E-state index < -0.39 is 6.10 Å². The van der Waals surface area contributed by atoms with E-state index >= 15 is 0 Å². The number of nitrogens with one attached hydrogen (secondary N) is 1. The summed E-state index contributed by atoms with van der Waals surface area (Å²) in [6.07, 6.45) is 2.71. The topological polar surface area (TPSA) is 67.2 Å². The summed E-state index contributed by atoms with van der Waals surface area (Å²) >= 11 is 0. The Morgan fingerprint density at radius 1 is 1.56 bits per heavy atom. The second kappa shape index (κ2) is 6.54. The molecule has 0 radical (unpaired) electrons. The van der Waals surface area contributed by atoms with Crippen LogP contribution in [0.5, 0.6) is 0 Å². The van der Waals surface area contributed by atoms with Crippen LogP contribution in [0.3, 0.4) is 0 Å². The number of hydrogen-bond acceptors (Lipinski definition) is 3. The molecular weight excluding hydrogens is 230 g/mol. The van der Waals surface area contributed by atoms with Crippen molar-refractivity contribution in [2.75, 3.05) is 6.54 Å². The molecule has 5 heteroatoms. The Morgan fingerprint density at radius 3 is 2.72 bits per heavy atom. The first-order valence-electron chi connectivity index (χ1n) is 6.47. The molecule has 102 valence electrons. The van der Waals surface area contributed by atoms with Crippen molar-refractivity contribution in [2.24, 2.45) is 0 Å². The molecule has 0 aliphatic rings. The third-order valence-electron chi connectivity index (χ3n) is 2.90. The van der Waals surface area contributed by atoms with Gasteiger partial charge >= 0.3 is 0 Å². The number of carbonyl (C=O) groups excluding carboxylic acids is 1. The molecule has 1 atom stereocenters. The van der Waals surface area contributed by atoms with E-state index in [4.69, 9.17) is 0 Å². The number of carbonyl (C=O) groups is 1. The predicted molar refractivity (Wildman–Crippen MR) is 70.6 cm³/mol. The summed E-state index contributed by atoms with van der Waals surface area (Å²) in [5.41, 5.74) is 1.43. The van der Waals surface area contributed by atoms with Gasteiger partial charge in [-0.1, -0.05) is 13.3 Å². The summed E-state index contributed by atoms with van der Waals surface area (Å²) in [6, 6.07) is 0.234. The van der Waals surface area contributed by atoms with Crippen molar-refractivity contribution in [2.45, 2.75) is 52.7 Å². The molecule has 0 saturated heterocycles. The predicted octanol–water partition coefficient (Wildman–Crippen LogP) is 1.66. The first-order valence-corrected chi connectivity index (χ1v) is 6.47. The van der Waals surface area contributed by atoms with E-state index in [0.29, 0.717) is 18.5 Å². The molecule has 0 fully saturated rings. The standard InChI is InChI=1S/C13H23N3O2/c1-5-6-11(17)7-14-13(18)12-8-15-16(9(2)3)10(12)4/h8-9,11,17H,5-7H2,1-4H3,(H,14,18). The lowest BCUT2D eigenvalue weighted by atomic mass is 10.2. The van der Waals surface area contributed by atoms with Crippen molar-refractivity contribution in [3.05, 3.63) is 17.5 Å². The average molecular weight is 253 g/mol. The Balaban J connectivity index is 2.62. The summed E-state index contributed by atoms with van der Waals surface area (Å²) in [7, 11) is 0. The minimum absolute atomic E-state index is 0.172. The van der Waals surface area contributed by atoms with Gasteiger partial charge in [-0.2, -0.15) is 5.10 Å². The fourth-order valence-corrected chi connectivity index (χ4v) is 1.91. The Labute approximate surface area is 108 Å². The van der Waals surface area contributed by atoms with E-state index in [1.54, 1.807) is 6.20 Å². The summed E-state index contributed by atoms with van der Waals surface area (Å²) < 4.78 is 1.82. The largest absolute Gasteiger partial charge is 0.391 e. The molecule has 2 N–H and O–H groups in total. The van der Waals surface area contributed by atoms with E-state index in [2.05, 4.69) is 10.4 Å². The van der Waals surface area contributed by atoms with Crippen molar-refractivity contribution >= 4 is 5.91 Å². The molecule has 0 aliphatic carbocycles. The Kier molecular flexibility index (Phi) is 5.34. The molecule has 5 nitrogen and oxygen atoms in total. The van der Waals surface area contributed by atoms with Crippen LogP contribution in [0.4, 0.5) is 0 Å². The van der Waals surface area contributed by atoms with Crippen LogP contribution < -0.4 is 5.32 Å². The fraction of sp³-hybridized carbons (Fsp3) is 0.692. The van der Waals surface area contributed by atoms with Crippen LogP contribution in [0.25, 0.3) is 0 Å². The van der Waals surface area contributed by atoms with E-state index in [0.717, 1.165) is 12.1 Å². The highest BCUT2D eigenvalue weighted by molar-refractivity contribution is 5.95. The van der Waals surface area contributed by atoms with Crippen molar-refractivity contribution in [3.8, 4) is 0 Å². The molecule has 0 saturated carbocycles. The lowest BCUT2D eigenvalue weighted by molar-refractivity contribution is 0.0909. The number of aliphatic hydroxyl groups is 1. The number of aliphatic hydroxyl groups excluding tert-OH is 1. The molecule has 0 aromatic carbocycles. The molecule has 1 amide bonds. The van der Waals surface area contributed by atoms with Gasteiger partial charge in [0.15, 0.2) is 0 Å². The van der Waals surface area contributed by atoms with Gasteiger partial charge in [0.1, 0.15) is 0 Å². The maximum Gasteiger partial charge on any atom is 0.254 e. The third kappa shape index (κ3) is 3.57. The van der Waals surface area contributed by atoms with Crippen LogP contribution >= 0.6 is 0 Å². The molecule has 0 bridgehead atoms. The fourth-order valence-electron chi connectivity index (χ4n) is 1.91. The van der Waals surface area contributed by atoms with E-state index in [9.17, 15) is 9.90 Å². The van der Waals surface area contributed by atoms with E-state index in [1.807, 2.05) is 32.4 Å². The number of nitrogens with zero attached hydrogens (tertiary/aromatic N) is 2. The highest BCUT2D eigenvalue weighted by Gasteiger charge is 2.16. The smallest absolute Gasteiger partial charge is 0.254 e. The molecule has 1 heterocycles. The summed E-state index contributed by atoms with van der Waals surface area (Å²) in [5, 5.41) is 16.5. The van der Waals surface area contributed by atoms with Gasteiger partial charge in [-0.25, -0.2) is 0 Å². The van der Waals surface area contributed by atoms with Crippen LogP contribution in [0.15, 0.2) is 6.20 Å². The number of amides is 1. The second-order valence-corrected chi connectivity index (χ2v) is 4.83. The highest BCUT2D eigenvalue weighted by Crippen LogP contribution is 2.12. The SMILES string of the molecule is CCCC(O)CNC(=O)c1cnn(C(C)C)c1C. The zero-order chi connectivity index (χ0) is 13.7. The molecule has 0 aliphatic heterocycles. The molecular formula is C13H23N3O2. The van der Waals surface area contributed by atoms with Crippen LogP contribution in [-0.2, 0) is 0 Å². The third-order valence-corrected chi connectivity index (χ3v) is 2.90. The van der Waals surface area contributed by atoms with Crippen LogP contribution in [-0.4, -0.2) is 33.4 Å². The molecule has 1 rings (SSSR count). The summed E-state index contributed by atoms with van der Waals surface area (Å²) in [5.74, 6) is -0.172. The first-order chi connectivity index (χ1) is 8.47.